The van der Waals surface area contributed by atoms with Gasteiger partial charge in [-0.3, -0.25) is 13.8 Å². The number of hydrogen-bond donors (Lipinski definition) is 3. The summed E-state index contributed by atoms with van der Waals surface area (Å²) in [5.41, 5.74) is 0. The molecule has 1 amide bonds. The van der Waals surface area contributed by atoms with Crippen molar-refractivity contribution >= 4 is 13.7 Å². The van der Waals surface area contributed by atoms with Crippen LogP contribution in [0.2, 0.25) is 0 Å². The number of phosphoric ester groups is 1. The molecule has 418 valence electrons. The lowest BCUT2D eigenvalue weighted by Crippen LogP contribution is -2.45. The van der Waals surface area contributed by atoms with Gasteiger partial charge in [-0.2, -0.15) is 0 Å². The second-order valence-corrected chi connectivity index (χ2v) is 22.8. The summed E-state index contributed by atoms with van der Waals surface area (Å²) in [5.74, 6) is -0.190. The summed E-state index contributed by atoms with van der Waals surface area (Å²) >= 11 is 0. The van der Waals surface area contributed by atoms with E-state index in [9.17, 15) is 19.4 Å². The van der Waals surface area contributed by atoms with Gasteiger partial charge in [0, 0.05) is 6.42 Å². The topological polar surface area (TPSA) is 105 Å². The summed E-state index contributed by atoms with van der Waals surface area (Å²) in [6.07, 6.45) is 75.7. The zero-order chi connectivity index (χ0) is 52.7. The first-order chi connectivity index (χ1) is 35.0. The highest BCUT2D eigenvalue weighted by atomic mass is 31.2. The maximum Gasteiger partial charge on any atom is 0.472 e. The predicted octanol–water partition coefficient (Wildman–Crippen LogP) is 18.4. The van der Waals surface area contributed by atoms with Gasteiger partial charge in [-0.05, 0) is 83.5 Å². The van der Waals surface area contributed by atoms with Gasteiger partial charge in [0.25, 0.3) is 0 Å². The third-order valence-electron chi connectivity index (χ3n) is 13.1. The lowest BCUT2D eigenvalue weighted by Gasteiger charge is -2.25. The largest absolute Gasteiger partial charge is 0.472 e. The van der Waals surface area contributed by atoms with Gasteiger partial charge in [0.2, 0.25) is 5.91 Å². The number of rotatable bonds is 54. The number of hydrogen-bond acceptors (Lipinski definition) is 5. The maximum atomic E-state index is 13.0. The first kappa shape index (κ1) is 69.7. The second-order valence-electron chi connectivity index (χ2n) is 21.3. The average Bonchev–Trinajstić information content (AvgIpc) is 3.34. The number of allylic oxidation sites excluding steroid dienone is 13. The quantitative estimate of drug-likeness (QED) is 0.0243. The zero-order valence-corrected chi connectivity index (χ0v) is 48.5. The van der Waals surface area contributed by atoms with Gasteiger partial charge in [-0.25, -0.2) is 4.57 Å². The summed E-state index contributed by atoms with van der Waals surface area (Å²) in [5, 5.41) is 13.9. The van der Waals surface area contributed by atoms with E-state index in [0.29, 0.717) is 17.4 Å². The Hall–Kier alpha value is -2.32. The number of phosphoric acid groups is 1. The molecule has 0 aromatic rings. The Morgan fingerprint density at radius 2 is 0.847 bits per heavy atom. The summed E-state index contributed by atoms with van der Waals surface area (Å²) < 4.78 is 23.7. The number of unbranched alkanes of at least 4 members (excludes halogenated alkanes) is 29. The van der Waals surface area contributed by atoms with Crippen LogP contribution in [-0.2, 0) is 18.4 Å². The molecule has 0 saturated carbocycles. The molecule has 0 aliphatic heterocycles. The number of aliphatic hydroxyl groups is 1. The smallest absolute Gasteiger partial charge is 0.387 e. The van der Waals surface area contributed by atoms with Crippen molar-refractivity contribution in [2.75, 3.05) is 40.9 Å². The number of carbonyl (C=O) groups is 1. The van der Waals surface area contributed by atoms with Crippen LogP contribution in [0.5, 0.6) is 0 Å². The molecule has 0 fully saturated rings. The normalized spacial score (nSPS) is 14.5. The molecule has 0 saturated heterocycles. The first-order valence-corrected chi connectivity index (χ1v) is 31.5. The van der Waals surface area contributed by atoms with Crippen molar-refractivity contribution in [2.45, 2.75) is 270 Å². The van der Waals surface area contributed by atoms with Gasteiger partial charge in [0.05, 0.1) is 39.9 Å². The second kappa shape index (κ2) is 53.5. The van der Waals surface area contributed by atoms with E-state index in [1.54, 1.807) is 6.08 Å². The molecule has 0 heterocycles. The Labute approximate surface area is 446 Å². The molecule has 0 aromatic carbocycles. The average molecular weight is 1030 g/mol. The minimum absolute atomic E-state index is 0.0522. The van der Waals surface area contributed by atoms with Crippen LogP contribution in [0.3, 0.4) is 0 Å². The number of nitrogens with zero attached hydrogens (tertiary/aromatic N) is 1. The minimum atomic E-state index is -4.36. The van der Waals surface area contributed by atoms with Crippen molar-refractivity contribution in [1.82, 2.24) is 5.32 Å². The lowest BCUT2D eigenvalue weighted by molar-refractivity contribution is -0.870. The van der Waals surface area contributed by atoms with E-state index in [1.807, 2.05) is 27.2 Å². The first-order valence-electron chi connectivity index (χ1n) is 30.0. The Bertz CT molecular complexity index is 1450. The molecule has 0 bridgehead atoms. The Morgan fingerprint density at radius 3 is 1.28 bits per heavy atom. The molecule has 8 nitrogen and oxygen atoms in total. The van der Waals surface area contributed by atoms with Crippen LogP contribution in [0.1, 0.15) is 258 Å². The fourth-order valence-corrected chi connectivity index (χ4v) is 9.15. The molecule has 3 N–H and O–H groups in total. The highest BCUT2D eigenvalue weighted by molar-refractivity contribution is 7.47. The van der Waals surface area contributed by atoms with E-state index in [2.05, 4.69) is 92.1 Å². The van der Waals surface area contributed by atoms with E-state index in [1.165, 1.54) is 167 Å². The lowest BCUT2D eigenvalue weighted by atomic mass is 10.0. The molecule has 0 radical (unpaired) electrons. The SMILES string of the molecule is CC/C=C\C/C=C\C/C=C\C/C=C\CCCCCCCCCCCCCCCCCCCCCCCCC(=O)NC(COP(=O)(O)OCC[N+](C)(C)C)C(O)/C=C/CC/C=C/CC/C=C/CCCCCCC. The summed E-state index contributed by atoms with van der Waals surface area (Å²) in [4.78, 5) is 23.3. The molecule has 0 aromatic heterocycles. The van der Waals surface area contributed by atoms with E-state index >= 15 is 0 Å². The summed E-state index contributed by atoms with van der Waals surface area (Å²) in [6.45, 7) is 4.67. The highest BCUT2D eigenvalue weighted by Crippen LogP contribution is 2.43. The van der Waals surface area contributed by atoms with Crippen LogP contribution in [0.15, 0.2) is 85.1 Å². The molecule has 0 spiro atoms. The van der Waals surface area contributed by atoms with Crippen LogP contribution in [0.4, 0.5) is 0 Å². The van der Waals surface area contributed by atoms with Crippen molar-refractivity contribution in [3.8, 4) is 0 Å². The van der Waals surface area contributed by atoms with E-state index in [0.717, 1.165) is 70.6 Å². The minimum Gasteiger partial charge on any atom is -0.387 e. The van der Waals surface area contributed by atoms with Crippen molar-refractivity contribution in [1.29, 1.82) is 0 Å². The molecule has 72 heavy (non-hydrogen) atoms. The maximum absolute atomic E-state index is 13.0. The van der Waals surface area contributed by atoms with Crippen molar-refractivity contribution in [3.63, 3.8) is 0 Å². The third-order valence-corrected chi connectivity index (χ3v) is 14.1. The fraction of sp³-hybridized carbons (Fsp3) is 0.762. The zero-order valence-electron chi connectivity index (χ0n) is 47.7. The monoisotopic (exact) mass is 1030 g/mol. The van der Waals surface area contributed by atoms with Crippen LogP contribution in [0.25, 0.3) is 0 Å². The Kier molecular flexibility index (Phi) is 51.8. The number of nitrogens with one attached hydrogen (secondary N) is 1. The summed E-state index contributed by atoms with van der Waals surface area (Å²) in [6, 6.07) is -0.871. The summed E-state index contributed by atoms with van der Waals surface area (Å²) in [7, 11) is 1.55. The molecule has 0 aliphatic rings. The Morgan fingerprint density at radius 1 is 0.486 bits per heavy atom. The third kappa shape index (κ3) is 55.4. The van der Waals surface area contributed by atoms with E-state index < -0.39 is 20.0 Å². The Balaban J connectivity index is 4.03. The van der Waals surface area contributed by atoms with Crippen LogP contribution < -0.4 is 5.32 Å². The number of likely N-dealkylation sites (N-methyl/N-ethyl adjacent to an activating group) is 1. The van der Waals surface area contributed by atoms with Gasteiger partial charge < -0.3 is 19.8 Å². The fourth-order valence-electron chi connectivity index (χ4n) is 8.42. The molecule has 0 rings (SSSR count). The number of carbonyl (C=O) groups excluding carboxylic acids is 1. The molecular formula is C63H116N2O6P+. The predicted molar refractivity (Wildman–Crippen MR) is 313 cm³/mol. The van der Waals surface area contributed by atoms with Gasteiger partial charge in [-0.15, -0.1) is 0 Å². The standard InChI is InChI=1S/C63H115N2O6P/c1-6-8-10-12-14-16-18-20-22-23-24-25-26-27-28-29-30-31-32-33-34-35-36-37-38-39-40-41-43-45-47-49-51-53-55-57-63(67)64-61(60-71-72(68,69)70-59-58-65(3,4)5)62(66)56-54-52-50-48-46-44-42-21-19-17-15-13-11-9-7-2/h8,10,14,16,19-22,24-25,46,48,54,56,61-62,66H,6-7,9,11-13,15,17-18,23,26-45,47,49-53,55,57-60H2,1-5H3,(H-,64,67,68,69)/p+1/b10-8-,16-14-,21-19+,22-20-,25-24-,48-46+,56-54+. The van der Waals surface area contributed by atoms with Gasteiger partial charge in [0.1, 0.15) is 13.2 Å². The highest BCUT2D eigenvalue weighted by Gasteiger charge is 2.27. The molecule has 3 atom stereocenters. The van der Waals surface area contributed by atoms with Crippen molar-refractivity contribution < 1.29 is 32.9 Å². The van der Waals surface area contributed by atoms with Crippen LogP contribution >= 0.6 is 7.82 Å². The van der Waals surface area contributed by atoms with Crippen LogP contribution in [0, 0.1) is 0 Å². The van der Waals surface area contributed by atoms with Crippen LogP contribution in [-0.4, -0.2) is 73.4 Å². The molecule has 9 heteroatoms. The van der Waals surface area contributed by atoms with Gasteiger partial charge in [-0.1, -0.05) is 253 Å². The number of amides is 1. The van der Waals surface area contributed by atoms with Gasteiger partial charge >= 0.3 is 7.82 Å². The van der Waals surface area contributed by atoms with Crippen molar-refractivity contribution in [2.24, 2.45) is 0 Å². The molecular weight excluding hydrogens is 912 g/mol. The number of quaternary nitrogens is 1. The molecule has 0 aliphatic carbocycles. The number of aliphatic hydroxyl groups excluding tert-OH is 1. The van der Waals surface area contributed by atoms with Gasteiger partial charge in [0.15, 0.2) is 0 Å². The van der Waals surface area contributed by atoms with E-state index in [-0.39, 0.29) is 19.1 Å². The molecule has 3 unspecified atom stereocenters. The van der Waals surface area contributed by atoms with Crippen molar-refractivity contribution in [3.05, 3.63) is 85.1 Å². The van der Waals surface area contributed by atoms with E-state index in [4.69, 9.17) is 9.05 Å².